The molecule has 1 fully saturated rings. The van der Waals surface area contributed by atoms with Crippen LogP contribution in [-0.4, -0.2) is 51.9 Å². The van der Waals surface area contributed by atoms with Crippen molar-refractivity contribution in [2.75, 3.05) is 25.1 Å². The average molecular weight is 353 g/mol. The van der Waals surface area contributed by atoms with Gasteiger partial charge in [-0.2, -0.15) is 11.8 Å². The molecule has 1 aliphatic rings. The number of nitrogens with zero attached hydrogens (tertiary/aromatic N) is 4. The second-order valence-corrected chi connectivity index (χ2v) is 7.26. The Morgan fingerprint density at radius 3 is 2.96 bits per heavy atom. The third-order valence-electron chi connectivity index (χ3n) is 4.38. The minimum absolute atomic E-state index is 0.576. The molecule has 0 unspecified atom stereocenters. The zero-order valence-electron chi connectivity index (χ0n) is 15.1. The molecule has 0 amide bonds. The van der Waals surface area contributed by atoms with Crippen LogP contribution in [0.15, 0.2) is 11.3 Å². The van der Waals surface area contributed by atoms with Crippen molar-refractivity contribution in [2.45, 2.75) is 64.5 Å². The van der Waals surface area contributed by atoms with E-state index in [9.17, 15) is 0 Å². The number of hydrogen-bond acceptors (Lipinski definition) is 4. The summed E-state index contributed by atoms with van der Waals surface area (Å²) in [5.41, 5.74) is 0. The first-order chi connectivity index (χ1) is 11.8. The average Bonchev–Trinajstić information content (AvgIpc) is 3.07. The van der Waals surface area contributed by atoms with Crippen LogP contribution >= 0.6 is 11.8 Å². The standard InChI is InChI=1S/C17H32N6S/c1-3-16-22-20-14-23(16)12-11-19-17(18-10-7-13-24-2)21-15-8-5-4-6-9-15/h14-15H,3-13H2,1-2H3,(H2,18,19,21). The highest BCUT2D eigenvalue weighted by atomic mass is 32.2. The fraction of sp³-hybridized carbons (Fsp3) is 0.824. The maximum atomic E-state index is 4.76. The summed E-state index contributed by atoms with van der Waals surface area (Å²) in [6, 6.07) is 0.576. The molecule has 0 saturated heterocycles. The van der Waals surface area contributed by atoms with Crippen molar-refractivity contribution in [1.29, 1.82) is 0 Å². The number of nitrogens with one attached hydrogen (secondary N) is 2. The van der Waals surface area contributed by atoms with E-state index in [0.717, 1.165) is 44.3 Å². The highest BCUT2D eigenvalue weighted by Gasteiger charge is 2.14. The van der Waals surface area contributed by atoms with Gasteiger partial charge in [0.05, 0.1) is 0 Å². The lowest BCUT2D eigenvalue weighted by Crippen LogP contribution is -2.45. The van der Waals surface area contributed by atoms with Gasteiger partial charge < -0.3 is 15.2 Å². The number of aryl methyl sites for hydroxylation is 1. The first-order valence-electron chi connectivity index (χ1n) is 9.24. The minimum Gasteiger partial charge on any atom is -0.355 e. The summed E-state index contributed by atoms with van der Waals surface area (Å²) in [5, 5.41) is 15.2. The molecule has 0 bridgehead atoms. The molecule has 1 aromatic heterocycles. The molecule has 1 aromatic rings. The predicted molar refractivity (Wildman–Crippen MR) is 103 cm³/mol. The zero-order valence-corrected chi connectivity index (χ0v) is 15.9. The summed E-state index contributed by atoms with van der Waals surface area (Å²) >= 11 is 1.88. The Labute approximate surface area is 150 Å². The molecular formula is C17H32N6S. The third-order valence-corrected chi connectivity index (χ3v) is 5.08. The molecular weight excluding hydrogens is 320 g/mol. The highest BCUT2D eigenvalue weighted by molar-refractivity contribution is 7.98. The van der Waals surface area contributed by atoms with Crippen LogP contribution in [0.5, 0.6) is 0 Å². The van der Waals surface area contributed by atoms with Crippen LogP contribution < -0.4 is 10.6 Å². The maximum absolute atomic E-state index is 4.76. The summed E-state index contributed by atoms with van der Waals surface area (Å²) in [7, 11) is 0. The van der Waals surface area contributed by atoms with Crippen molar-refractivity contribution >= 4 is 17.7 Å². The van der Waals surface area contributed by atoms with Crippen molar-refractivity contribution < 1.29 is 0 Å². The lowest BCUT2D eigenvalue weighted by atomic mass is 9.96. The quantitative estimate of drug-likeness (QED) is 0.406. The van der Waals surface area contributed by atoms with E-state index in [2.05, 4.69) is 38.6 Å². The minimum atomic E-state index is 0.576. The Bertz CT molecular complexity index is 481. The summed E-state index contributed by atoms with van der Waals surface area (Å²) in [6.45, 7) is 4.70. The normalized spacial score (nSPS) is 16.3. The zero-order chi connectivity index (χ0) is 17.0. The fourth-order valence-corrected chi connectivity index (χ4v) is 3.44. The first kappa shape index (κ1) is 19.1. The summed E-state index contributed by atoms with van der Waals surface area (Å²) in [4.78, 5) is 4.76. The van der Waals surface area contributed by atoms with Crippen LogP contribution in [-0.2, 0) is 13.0 Å². The molecule has 7 heteroatoms. The Morgan fingerprint density at radius 1 is 1.38 bits per heavy atom. The molecule has 2 rings (SSSR count). The van der Waals surface area contributed by atoms with Crippen LogP contribution in [0, 0.1) is 0 Å². The Hall–Kier alpha value is -1.24. The van der Waals surface area contributed by atoms with Gasteiger partial charge in [-0.25, -0.2) is 0 Å². The molecule has 0 atom stereocenters. The van der Waals surface area contributed by atoms with Gasteiger partial charge in [-0.15, -0.1) is 10.2 Å². The monoisotopic (exact) mass is 352 g/mol. The Kier molecular flexibility index (Phi) is 9.02. The van der Waals surface area contributed by atoms with Crippen LogP contribution in [0.3, 0.4) is 0 Å². The van der Waals surface area contributed by atoms with Gasteiger partial charge in [0.15, 0.2) is 5.96 Å². The van der Waals surface area contributed by atoms with Gasteiger partial charge in [-0.3, -0.25) is 4.99 Å². The SMILES string of the molecule is CCc1nncn1CCNC(=NCCCSC)NC1CCCCC1. The molecule has 0 aliphatic heterocycles. The summed E-state index contributed by atoms with van der Waals surface area (Å²) in [5.74, 6) is 3.17. The molecule has 0 spiro atoms. The van der Waals surface area contributed by atoms with Gasteiger partial charge in [0, 0.05) is 32.1 Å². The number of aliphatic imine (C=N–C) groups is 1. The molecule has 1 heterocycles. The number of guanidine groups is 1. The second-order valence-electron chi connectivity index (χ2n) is 6.28. The van der Waals surface area contributed by atoms with Crippen molar-refractivity contribution in [3.63, 3.8) is 0 Å². The van der Waals surface area contributed by atoms with E-state index in [0.29, 0.717) is 6.04 Å². The van der Waals surface area contributed by atoms with E-state index in [4.69, 9.17) is 4.99 Å². The van der Waals surface area contributed by atoms with Crippen LogP contribution in [0.25, 0.3) is 0 Å². The van der Waals surface area contributed by atoms with Crippen molar-refractivity contribution in [3.05, 3.63) is 12.2 Å². The van der Waals surface area contributed by atoms with Crippen LogP contribution in [0.2, 0.25) is 0 Å². The largest absolute Gasteiger partial charge is 0.355 e. The summed E-state index contributed by atoms with van der Waals surface area (Å²) in [6.07, 6.45) is 12.6. The number of aromatic nitrogens is 3. The van der Waals surface area contributed by atoms with Crippen molar-refractivity contribution in [1.82, 2.24) is 25.4 Å². The van der Waals surface area contributed by atoms with E-state index in [1.54, 1.807) is 0 Å². The number of thioether (sulfide) groups is 1. The van der Waals surface area contributed by atoms with Gasteiger partial charge in [0.2, 0.25) is 0 Å². The van der Waals surface area contributed by atoms with Crippen molar-refractivity contribution in [2.24, 2.45) is 4.99 Å². The molecule has 136 valence electrons. The molecule has 1 aliphatic carbocycles. The van der Waals surface area contributed by atoms with Gasteiger partial charge >= 0.3 is 0 Å². The van der Waals surface area contributed by atoms with Crippen LogP contribution in [0.1, 0.15) is 51.3 Å². The van der Waals surface area contributed by atoms with Crippen LogP contribution in [0.4, 0.5) is 0 Å². The van der Waals surface area contributed by atoms with Gasteiger partial charge in [0.1, 0.15) is 12.2 Å². The molecule has 2 N–H and O–H groups in total. The molecule has 6 nitrogen and oxygen atoms in total. The molecule has 1 saturated carbocycles. The molecule has 0 aromatic carbocycles. The smallest absolute Gasteiger partial charge is 0.191 e. The lowest BCUT2D eigenvalue weighted by Gasteiger charge is -2.25. The fourth-order valence-electron chi connectivity index (χ4n) is 3.03. The van der Waals surface area contributed by atoms with E-state index in [1.807, 2.05) is 18.1 Å². The van der Waals surface area contributed by atoms with E-state index < -0.39 is 0 Å². The molecule has 0 radical (unpaired) electrons. The Balaban J connectivity index is 1.81. The molecule has 24 heavy (non-hydrogen) atoms. The van der Waals surface area contributed by atoms with E-state index in [1.165, 1.54) is 37.9 Å². The first-order valence-corrected chi connectivity index (χ1v) is 10.6. The maximum Gasteiger partial charge on any atom is 0.191 e. The highest BCUT2D eigenvalue weighted by Crippen LogP contribution is 2.17. The predicted octanol–water partition coefficient (Wildman–Crippen LogP) is 2.46. The van der Waals surface area contributed by atoms with E-state index in [-0.39, 0.29) is 0 Å². The Morgan fingerprint density at radius 2 is 2.21 bits per heavy atom. The van der Waals surface area contributed by atoms with Gasteiger partial charge in [-0.05, 0) is 31.3 Å². The van der Waals surface area contributed by atoms with Crippen molar-refractivity contribution in [3.8, 4) is 0 Å². The van der Waals surface area contributed by atoms with Gasteiger partial charge in [-0.1, -0.05) is 26.2 Å². The summed E-state index contributed by atoms with van der Waals surface area (Å²) < 4.78 is 2.11. The third kappa shape index (κ3) is 6.71. The number of hydrogen-bond donors (Lipinski definition) is 2. The topological polar surface area (TPSA) is 67.1 Å². The lowest BCUT2D eigenvalue weighted by molar-refractivity contribution is 0.409. The van der Waals surface area contributed by atoms with E-state index >= 15 is 0 Å². The number of rotatable bonds is 9. The van der Waals surface area contributed by atoms with Gasteiger partial charge in [0.25, 0.3) is 0 Å². The second kappa shape index (κ2) is 11.3.